The molecule has 2 unspecified atom stereocenters. The maximum Gasteiger partial charge on any atom is 0.231 e. The third-order valence-corrected chi connectivity index (χ3v) is 4.12. The van der Waals surface area contributed by atoms with Gasteiger partial charge in [0.2, 0.25) is 5.91 Å². The quantitative estimate of drug-likeness (QED) is 0.908. The van der Waals surface area contributed by atoms with Gasteiger partial charge in [0, 0.05) is 17.0 Å². The van der Waals surface area contributed by atoms with Crippen molar-refractivity contribution in [3.8, 4) is 0 Å². The molecule has 2 aromatic carbocycles. The number of halogens is 1. The van der Waals surface area contributed by atoms with E-state index in [0.717, 1.165) is 11.1 Å². The van der Waals surface area contributed by atoms with Gasteiger partial charge in [-0.3, -0.25) is 4.79 Å². The van der Waals surface area contributed by atoms with Crippen molar-refractivity contribution >= 4 is 23.2 Å². The highest BCUT2D eigenvalue weighted by Crippen LogP contribution is 2.40. The molecule has 0 bridgehead atoms. The number of nitrogens with one attached hydrogen (secondary N) is 1. The number of carbonyl (C=O) groups excluding carboxylic acids is 1. The van der Waals surface area contributed by atoms with Crippen molar-refractivity contribution in [2.45, 2.75) is 25.4 Å². The van der Waals surface area contributed by atoms with E-state index >= 15 is 0 Å². The highest BCUT2D eigenvalue weighted by molar-refractivity contribution is 6.31. The van der Waals surface area contributed by atoms with Gasteiger partial charge in [0.05, 0.1) is 17.7 Å². The van der Waals surface area contributed by atoms with Crippen LogP contribution in [0.25, 0.3) is 0 Å². The number of rotatable bonds is 3. The van der Waals surface area contributed by atoms with Crippen molar-refractivity contribution in [1.82, 2.24) is 0 Å². The minimum absolute atomic E-state index is 0.0552. The van der Waals surface area contributed by atoms with Crippen LogP contribution in [0.4, 0.5) is 5.69 Å². The van der Waals surface area contributed by atoms with E-state index in [2.05, 4.69) is 5.32 Å². The number of aliphatic hydroxyl groups excluding tert-OH is 1. The van der Waals surface area contributed by atoms with Gasteiger partial charge < -0.3 is 10.4 Å². The summed E-state index contributed by atoms with van der Waals surface area (Å²) in [5.74, 6) is -0.290. The van der Waals surface area contributed by atoms with Gasteiger partial charge in [-0.25, -0.2) is 0 Å². The first-order valence-corrected chi connectivity index (χ1v) is 7.30. The average Bonchev–Trinajstić information content (AvgIpc) is 2.75. The van der Waals surface area contributed by atoms with Crippen LogP contribution in [-0.4, -0.2) is 11.0 Å². The summed E-state index contributed by atoms with van der Waals surface area (Å²) in [5, 5.41) is 13.9. The number of amides is 1. The molecular formula is C17H16ClNO2. The van der Waals surface area contributed by atoms with Crippen LogP contribution in [0.1, 0.15) is 35.6 Å². The number of anilines is 1. The van der Waals surface area contributed by atoms with Gasteiger partial charge in [-0.05, 0) is 30.2 Å². The largest absolute Gasteiger partial charge is 0.388 e. The maximum absolute atomic E-state index is 11.8. The molecule has 0 spiro atoms. The number of fused-ring (bicyclic) bond motifs is 1. The molecule has 3 nitrogen and oxygen atoms in total. The minimum Gasteiger partial charge on any atom is -0.388 e. The third kappa shape index (κ3) is 2.67. The van der Waals surface area contributed by atoms with E-state index in [9.17, 15) is 9.90 Å². The number of hydrogen-bond acceptors (Lipinski definition) is 2. The molecule has 0 radical (unpaired) electrons. The second-order valence-electron chi connectivity index (χ2n) is 5.38. The molecule has 1 amide bonds. The minimum atomic E-state index is -0.703. The lowest BCUT2D eigenvalue weighted by atomic mass is 9.95. The van der Waals surface area contributed by atoms with Gasteiger partial charge in [0.25, 0.3) is 0 Å². The fourth-order valence-corrected chi connectivity index (χ4v) is 2.95. The zero-order valence-electron chi connectivity index (χ0n) is 11.6. The van der Waals surface area contributed by atoms with Crippen LogP contribution in [0.15, 0.2) is 42.5 Å². The van der Waals surface area contributed by atoms with Gasteiger partial charge >= 0.3 is 0 Å². The van der Waals surface area contributed by atoms with Crippen LogP contribution >= 0.6 is 11.6 Å². The smallest absolute Gasteiger partial charge is 0.231 e. The summed E-state index contributed by atoms with van der Waals surface area (Å²) < 4.78 is 0. The van der Waals surface area contributed by atoms with Gasteiger partial charge in [0.15, 0.2) is 0 Å². The van der Waals surface area contributed by atoms with E-state index in [1.165, 1.54) is 0 Å². The molecule has 108 valence electrons. The molecule has 1 aliphatic heterocycles. The average molecular weight is 302 g/mol. The maximum atomic E-state index is 11.8. The molecule has 2 N–H and O–H groups in total. The Hall–Kier alpha value is -1.84. The molecule has 2 atom stereocenters. The third-order valence-electron chi connectivity index (χ3n) is 3.90. The zero-order valence-corrected chi connectivity index (χ0v) is 12.4. The predicted octanol–water partition coefficient (Wildman–Crippen LogP) is 3.67. The monoisotopic (exact) mass is 301 g/mol. The Labute approximate surface area is 128 Å². The van der Waals surface area contributed by atoms with E-state index in [4.69, 9.17) is 11.6 Å². The summed E-state index contributed by atoms with van der Waals surface area (Å²) in [5.41, 5.74) is 3.28. The van der Waals surface area contributed by atoms with Crippen LogP contribution in [-0.2, 0) is 11.2 Å². The first-order valence-electron chi connectivity index (χ1n) is 6.92. The van der Waals surface area contributed by atoms with Gasteiger partial charge in [-0.2, -0.15) is 0 Å². The van der Waals surface area contributed by atoms with Crippen molar-refractivity contribution < 1.29 is 9.90 Å². The van der Waals surface area contributed by atoms with Crippen LogP contribution in [0.5, 0.6) is 0 Å². The fraction of sp³-hybridized carbons (Fsp3) is 0.235. The Morgan fingerprint density at radius 3 is 2.71 bits per heavy atom. The van der Waals surface area contributed by atoms with Gasteiger partial charge in [-0.1, -0.05) is 41.9 Å². The molecule has 21 heavy (non-hydrogen) atoms. The molecule has 2 aromatic rings. The van der Waals surface area contributed by atoms with Crippen molar-refractivity contribution in [2.75, 3.05) is 5.32 Å². The van der Waals surface area contributed by atoms with Crippen LogP contribution in [0, 0.1) is 0 Å². The molecule has 0 saturated carbocycles. The van der Waals surface area contributed by atoms with E-state index in [0.29, 0.717) is 22.7 Å². The van der Waals surface area contributed by atoms with Crippen molar-refractivity contribution in [3.63, 3.8) is 0 Å². The fourth-order valence-electron chi connectivity index (χ4n) is 2.72. The Morgan fingerprint density at radius 1 is 1.29 bits per heavy atom. The van der Waals surface area contributed by atoms with Crippen LogP contribution in [0.2, 0.25) is 5.02 Å². The number of aliphatic hydroxyl groups is 1. The Morgan fingerprint density at radius 2 is 2.00 bits per heavy atom. The summed E-state index contributed by atoms with van der Waals surface area (Å²) >= 11 is 6.14. The summed E-state index contributed by atoms with van der Waals surface area (Å²) in [6.45, 7) is 1.84. The summed E-state index contributed by atoms with van der Waals surface area (Å²) in [7, 11) is 0. The topological polar surface area (TPSA) is 49.3 Å². The first-order chi connectivity index (χ1) is 10.1. The molecule has 0 aromatic heterocycles. The van der Waals surface area contributed by atoms with Crippen molar-refractivity contribution in [3.05, 3.63) is 64.2 Å². The highest BCUT2D eigenvalue weighted by Gasteiger charge is 2.30. The lowest BCUT2D eigenvalue weighted by molar-refractivity contribution is -0.116. The first kappa shape index (κ1) is 14.1. The molecule has 0 fully saturated rings. The van der Waals surface area contributed by atoms with Crippen molar-refractivity contribution in [2.24, 2.45) is 0 Å². The second-order valence-corrected chi connectivity index (χ2v) is 5.81. The van der Waals surface area contributed by atoms with Crippen LogP contribution in [0.3, 0.4) is 0 Å². The molecule has 4 heteroatoms. The lowest BCUT2D eigenvalue weighted by Crippen LogP contribution is -2.10. The molecule has 0 aliphatic carbocycles. The van der Waals surface area contributed by atoms with Crippen molar-refractivity contribution in [1.29, 1.82) is 0 Å². The number of hydrogen-bond donors (Lipinski definition) is 2. The van der Waals surface area contributed by atoms with E-state index in [1.54, 1.807) is 12.1 Å². The van der Waals surface area contributed by atoms with E-state index in [1.807, 2.05) is 37.3 Å². The summed E-state index contributed by atoms with van der Waals surface area (Å²) in [6.07, 6.45) is -0.219. The predicted molar refractivity (Wildman–Crippen MR) is 83.6 cm³/mol. The van der Waals surface area contributed by atoms with E-state index in [-0.39, 0.29) is 11.8 Å². The zero-order chi connectivity index (χ0) is 15.0. The molecular weight excluding hydrogens is 286 g/mol. The SMILES string of the molecule is CC1C(=O)Nc2c(C(O)Cc3ccccc3)cc(Cl)cc21. The molecule has 0 saturated heterocycles. The van der Waals surface area contributed by atoms with E-state index < -0.39 is 6.10 Å². The van der Waals surface area contributed by atoms with Crippen LogP contribution < -0.4 is 5.32 Å². The molecule has 1 heterocycles. The Balaban J connectivity index is 1.96. The standard InChI is InChI=1S/C17H16ClNO2/c1-10-13-8-12(18)9-14(16(13)19-17(10)21)15(20)7-11-5-3-2-4-6-11/h2-6,8-10,15,20H,7H2,1H3,(H,19,21). The Bertz CT molecular complexity index is 685. The molecule has 1 aliphatic rings. The normalized spacial score (nSPS) is 18.2. The molecule has 3 rings (SSSR count). The Kier molecular flexibility index (Phi) is 3.70. The number of benzene rings is 2. The number of carbonyl (C=O) groups is 1. The van der Waals surface area contributed by atoms with Gasteiger partial charge in [0.1, 0.15) is 0 Å². The lowest BCUT2D eigenvalue weighted by Gasteiger charge is -2.16. The summed E-state index contributed by atoms with van der Waals surface area (Å²) in [6, 6.07) is 13.3. The summed E-state index contributed by atoms with van der Waals surface area (Å²) in [4.78, 5) is 11.8. The second kappa shape index (κ2) is 5.51. The highest BCUT2D eigenvalue weighted by atomic mass is 35.5. The van der Waals surface area contributed by atoms with Gasteiger partial charge in [-0.15, -0.1) is 0 Å².